The predicted octanol–water partition coefficient (Wildman–Crippen LogP) is 12.6. The number of hydrogen-bond acceptors (Lipinski definition) is 4. The number of furan rings is 2. The molecule has 0 amide bonds. The van der Waals surface area contributed by atoms with Crippen LogP contribution in [-0.4, -0.2) is 17.2 Å². The second-order valence-electron chi connectivity index (χ2n) is 12.4. The maximum Gasteiger partial charge on any atom is 0.488 e. The average molecular weight is 918 g/mol. The van der Waals surface area contributed by atoms with Gasteiger partial charge in [0.15, 0.2) is 0 Å². The van der Waals surface area contributed by atoms with Crippen LogP contribution in [0.5, 0.6) is 0 Å². The highest BCUT2D eigenvalue weighted by Crippen LogP contribution is 2.35. The topological polar surface area (TPSA) is 66.7 Å². The number of fused-ring (bicyclic) bond motifs is 8. The quantitative estimate of drug-likeness (QED) is 0.134. The van der Waals surface area contributed by atoms with E-state index in [1.165, 1.54) is 30.9 Å². The van der Waals surface area contributed by atoms with Crippen molar-refractivity contribution in [1.29, 1.82) is 0 Å². The van der Waals surface area contributed by atoms with Crippen molar-refractivity contribution in [3.05, 3.63) is 170 Å². The highest BCUT2D eigenvalue weighted by atomic mass is 127. The first-order chi connectivity index (χ1) is 25.3. The van der Waals surface area contributed by atoms with E-state index in [9.17, 15) is 10.0 Å². The van der Waals surface area contributed by atoms with Crippen molar-refractivity contribution in [2.24, 2.45) is 0 Å². The Morgan fingerprint density at radius 2 is 0.846 bits per heavy atom. The van der Waals surface area contributed by atoms with E-state index in [0.717, 1.165) is 58.2 Å². The van der Waals surface area contributed by atoms with Crippen LogP contribution in [0.2, 0.25) is 0 Å². The first-order valence-electron chi connectivity index (χ1n) is 16.5. The van der Waals surface area contributed by atoms with Crippen LogP contribution in [0.4, 0.5) is 0 Å². The molecule has 0 fully saturated rings. The molecule has 8 heteroatoms. The Labute approximate surface area is 330 Å². The first kappa shape index (κ1) is 34.6. The third kappa shape index (κ3) is 7.27. The van der Waals surface area contributed by atoms with E-state index in [1.54, 1.807) is 18.2 Å². The zero-order valence-corrected chi connectivity index (χ0v) is 32.8. The van der Waals surface area contributed by atoms with Crippen molar-refractivity contribution in [3.63, 3.8) is 0 Å². The van der Waals surface area contributed by atoms with Gasteiger partial charge in [0.2, 0.25) is 0 Å². The summed E-state index contributed by atoms with van der Waals surface area (Å²) >= 11 is 9.11. The minimum Gasteiger partial charge on any atom is -0.456 e. The zero-order chi connectivity index (χ0) is 35.8. The molecule has 52 heavy (non-hydrogen) atoms. The van der Waals surface area contributed by atoms with Crippen LogP contribution in [0.25, 0.3) is 76.5 Å². The molecule has 0 bridgehead atoms. The van der Waals surface area contributed by atoms with E-state index >= 15 is 0 Å². The summed E-state index contributed by atoms with van der Waals surface area (Å²) in [5.74, 6) is 0. The summed E-state index contributed by atoms with van der Waals surface area (Å²) in [5, 5.41) is 27.5. The summed E-state index contributed by atoms with van der Waals surface area (Å²) in [6.45, 7) is 0. The Balaban J connectivity index is 0.000000125. The lowest BCUT2D eigenvalue weighted by molar-refractivity contribution is 0.426. The van der Waals surface area contributed by atoms with E-state index in [4.69, 9.17) is 8.83 Å². The van der Waals surface area contributed by atoms with Crippen LogP contribution < -0.4 is 5.46 Å². The van der Waals surface area contributed by atoms with Gasteiger partial charge >= 0.3 is 7.12 Å². The second kappa shape index (κ2) is 14.9. The van der Waals surface area contributed by atoms with E-state index in [1.807, 2.05) is 36.4 Å². The fraction of sp³-hybridized carbons (Fsp3) is 0. The number of hydrogen-bond donors (Lipinski definition) is 2. The maximum absolute atomic E-state index is 9.29. The van der Waals surface area contributed by atoms with Crippen molar-refractivity contribution in [3.8, 4) is 11.1 Å². The average Bonchev–Trinajstić information content (AvgIpc) is 3.71. The third-order valence-corrected chi connectivity index (χ3v) is 10.8. The molecule has 0 atom stereocenters. The van der Waals surface area contributed by atoms with Gasteiger partial charge in [0.1, 0.15) is 22.3 Å². The van der Waals surface area contributed by atoms with Gasteiger partial charge in [0.05, 0.1) is 0 Å². The van der Waals surface area contributed by atoms with Crippen LogP contribution in [0, 0.1) is 3.57 Å². The van der Waals surface area contributed by atoms with E-state index in [2.05, 4.69) is 158 Å². The summed E-state index contributed by atoms with van der Waals surface area (Å²) in [5.41, 5.74) is 6.30. The number of rotatable bonds is 2. The Hall–Kier alpha value is -4.45. The number of benzene rings is 8. The lowest BCUT2D eigenvalue weighted by Gasteiger charge is -2.02. The molecule has 0 unspecified atom stereocenters. The molecule has 2 heterocycles. The highest BCUT2D eigenvalue weighted by molar-refractivity contribution is 14.1. The summed E-state index contributed by atoms with van der Waals surface area (Å²) < 4.78 is 15.4. The van der Waals surface area contributed by atoms with Crippen LogP contribution in [0.3, 0.4) is 0 Å². The Morgan fingerprint density at radius 3 is 1.35 bits per heavy atom. The lowest BCUT2D eigenvalue weighted by Crippen LogP contribution is -2.29. The largest absolute Gasteiger partial charge is 0.488 e. The molecule has 2 aromatic heterocycles. The molecule has 2 N–H and O–H groups in total. The molecule has 10 rings (SSSR count). The monoisotopic (exact) mass is 916 g/mol. The van der Waals surface area contributed by atoms with Gasteiger partial charge in [-0.2, -0.15) is 0 Å². The molecule has 0 radical (unpaired) electrons. The van der Waals surface area contributed by atoms with Crippen molar-refractivity contribution in [1.82, 2.24) is 0 Å². The SMILES string of the molecule is Brc1ccc(-c2ccc3oc4cc5ccccc5cc4c3c2)cc1.Brc1ccc(I)cc1.OB(O)c1ccc2oc3cc4ccccc4cc3c2c1. The van der Waals surface area contributed by atoms with Gasteiger partial charge in [0.25, 0.3) is 0 Å². The molecule has 0 saturated heterocycles. The Kier molecular flexibility index (Phi) is 9.92. The normalized spacial score (nSPS) is 11.2. The summed E-state index contributed by atoms with van der Waals surface area (Å²) in [4.78, 5) is 0. The molecule has 8 aromatic carbocycles. The Morgan fingerprint density at radius 1 is 0.423 bits per heavy atom. The fourth-order valence-corrected chi connectivity index (χ4v) is 7.24. The van der Waals surface area contributed by atoms with Gasteiger partial charge in [0, 0.05) is 34.1 Å². The minimum atomic E-state index is -1.47. The lowest BCUT2D eigenvalue weighted by atomic mass is 9.80. The minimum absolute atomic E-state index is 0.466. The molecule has 0 aliphatic rings. The highest BCUT2D eigenvalue weighted by Gasteiger charge is 2.15. The predicted molar refractivity (Wildman–Crippen MR) is 232 cm³/mol. The summed E-state index contributed by atoms with van der Waals surface area (Å²) in [7, 11) is -1.47. The first-order valence-corrected chi connectivity index (χ1v) is 19.2. The van der Waals surface area contributed by atoms with Gasteiger partial charge in [-0.1, -0.05) is 111 Å². The molecule has 0 spiro atoms. The molecular weight excluding hydrogens is 890 g/mol. The van der Waals surface area contributed by atoms with Crippen molar-refractivity contribution in [2.75, 3.05) is 0 Å². The fourth-order valence-electron chi connectivity index (χ4n) is 6.35. The van der Waals surface area contributed by atoms with Gasteiger partial charge in [-0.25, -0.2) is 0 Å². The van der Waals surface area contributed by atoms with Crippen molar-refractivity contribution < 1.29 is 18.9 Å². The number of halogens is 3. The molecule has 0 aliphatic carbocycles. The van der Waals surface area contributed by atoms with Gasteiger partial charge in [-0.05, 0) is 140 Å². The third-order valence-electron chi connectivity index (χ3n) is 8.98. The van der Waals surface area contributed by atoms with E-state index in [-0.39, 0.29) is 0 Å². The molecule has 0 aliphatic heterocycles. The molecule has 0 saturated carbocycles. The second-order valence-corrected chi connectivity index (χ2v) is 15.5. The molecule has 4 nitrogen and oxygen atoms in total. The zero-order valence-electron chi connectivity index (χ0n) is 27.4. The van der Waals surface area contributed by atoms with E-state index in [0.29, 0.717) is 5.46 Å². The maximum atomic E-state index is 9.29. The summed E-state index contributed by atoms with van der Waals surface area (Å²) in [6.07, 6.45) is 0. The van der Waals surface area contributed by atoms with Crippen molar-refractivity contribution in [2.45, 2.75) is 0 Å². The summed E-state index contributed by atoms with van der Waals surface area (Å²) in [6, 6.07) is 53.1. The van der Waals surface area contributed by atoms with E-state index < -0.39 is 7.12 Å². The van der Waals surface area contributed by atoms with Crippen molar-refractivity contribution >= 4 is 132 Å². The van der Waals surface area contributed by atoms with Crippen LogP contribution in [0.15, 0.2) is 176 Å². The van der Waals surface area contributed by atoms with Crippen LogP contribution >= 0.6 is 54.5 Å². The van der Waals surface area contributed by atoms with Gasteiger partial charge < -0.3 is 18.9 Å². The van der Waals surface area contributed by atoms with Gasteiger partial charge in [-0.3, -0.25) is 0 Å². The van der Waals surface area contributed by atoms with Gasteiger partial charge in [-0.15, -0.1) is 0 Å². The van der Waals surface area contributed by atoms with Crippen LogP contribution in [-0.2, 0) is 0 Å². The molecular formula is C44H28BBr2IO4. The standard InChI is InChI=1S/C22H13BrO.C16H11BO3.C6H4BrI/c23-18-8-5-14(6-9-18)17-7-10-21-19(12-17)20-11-15-3-1-2-4-16(15)13-22(20)24-21;18-17(19)12-5-6-15-14(9-12)13-7-10-3-1-2-4-11(10)8-16(13)20-15;7-5-1-3-6(8)4-2-5/h1-13H;1-9,18-19H;1-4H. The van der Waals surface area contributed by atoms with Crippen LogP contribution in [0.1, 0.15) is 0 Å². The Bertz CT molecular complexity index is 2840. The molecule has 10 aromatic rings. The smallest absolute Gasteiger partial charge is 0.456 e. The molecule has 252 valence electrons.